The van der Waals surface area contributed by atoms with Gasteiger partial charge in [-0.1, -0.05) is 6.92 Å². The summed E-state index contributed by atoms with van der Waals surface area (Å²) in [6.07, 6.45) is 0. The summed E-state index contributed by atoms with van der Waals surface area (Å²) in [5, 5.41) is 16.1. The van der Waals surface area contributed by atoms with Crippen LogP contribution in [0.1, 0.15) is 35.5 Å². The third-order valence-electron chi connectivity index (χ3n) is 3.35. The maximum atomic E-state index is 4.60. The quantitative estimate of drug-likeness (QED) is 0.911. The van der Waals surface area contributed by atoms with Crippen molar-refractivity contribution in [2.45, 2.75) is 33.6 Å². The molecule has 2 heterocycles. The largest absolute Gasteiger partial charge is 0.319 e. The predicted molar refractivity (Wildman–Crippen MR) is 75.7 cm³/mol. The van der Waals surface area contributed by atoms with Gasteiger partial charge in [-0.15, -0.1) is 5.10 Å². The molecule has 19 heavy (non-hydrogen) atoms. The fourth-order valence-corrected chi connectivity index (χ4v) is 2.50. The van der Waals surface area contributed by atoms with Gasteiger partial charge in [0, 0.05) is 17.8 Å². The van der Waals surface area contributed by atoms with Crippen LogP contribution in [0.2, 0.25) is 0 Å². The maximum Gasteiger partial charge on any atom is 0.175 e. The molecule has 5 heteroatoms. The Morgan fingerprint density at radius 1 is 1.21 bits per heavy atom. The molecule has 2 aromatic rings. The smallest absolute Gasteiger partial charge is 0.175 e. The first-order valence-corrected chi connectivity index (χ1v) is 6.56. The average molecular weight is 259 g/mol. The van der Waals surface area contributed by atoms with Crippen LogP contribution in [0.15, 0.2) is 12.1 Å². The maximum absolute atomic E-state index is 4.60. The number of likely N-dealkylation sites (N-methyl/N-ethyl adjacent to an activating group) is 1. The second-order valence-electron chi connectivity index (χ2n) is 4.99. The molecule has 102 valence electrons. The summed E-state index contributed by atoms with van der Waals surface area (Å²) in [5.41, 5.74) is 4.40. The zero-order chi connectivity index (χ0) is 14.0. The minimum Gasteiger partial charge on any atom is -0.319 e. The summed E-state index contributed by atoms with van der Waals surface area (Å²) in [7, 11) is 1.97. The van der Waals surface area contributed by atoms with Gasteiger partial charge in [-0.05, 0) is 45.9 Å². The Bertz CT molecular complexity index is 556. The van der Waals surface area contributed by atoms with Gasteiger partial charge in [0.15, 0.2) is 5.82 Å². The molecule has 2 aromatic heterocycles. The average Bonchev–Trinajstić information content (AvgIpc) is 2.66. The number of hydrogen-bond donors (Lipinski definition) is 1. The summed E-state index contributed by atoms with van der Waals surface area (Å²) in [6.45, 7) is 9.21. The normalized spacial score (nSPS) is 12.7. The Hall–Kier alpha value is -1.75. The Labute approximate surface area is 114 Å². The van der Waals surface area contributed by atoms with Gasteiger partial charge in [0.1, 0.15) is 0 Å². The molecule has 5 nitrogen and oxygen atoms in total. The number of rotatable bonds is 4. The van der Waals surface area contributed by atoms with E-state index in [4.69, 9.17) is 0 Å². The lowest BCUT2D eigenvalue weighted by molar-refractivity contribution is 0.670. The minimum atomic E-state index is 0.428. The van der Waals surface area contributed by atoms with Crippen molar-refractivity contribution in [3.8, 4) is 5.82 Å². The summed E-state index contributed by atoms with van der Waals surface area (Å²) in [6, 6.07) is 3.91. The SMILES string of the molecule is CNCC(C)c1c(C)nn(-c2ccc(C)nn2)c1C. The summed E-state index contributed by atoms with van der Waals surface area (Å²) in [5.74, 6) is 1.20. The molecule has 0 bridgehead atoms. The summed E-state index contributed by atoms with van der Waals surface area (Å²) >= 11 is 0. The first-order chi connectivity index (χ1) is 9.04. The van der Waals surface area contributed by atoms with E-state index in [0.717, 1.165) is 29.4 Å². The molecule has 2 rings (SSSR count). The lowest BCUT2D eigenvalue weighted by atomic mass is 9.99. The fraction of sp³-hybridized carbons (Fsp3) is 0.500. The van der Waals surface area contributed by atoms with Crippen molar-refractivity contribution in [3.63, 3.8) is 0 Å². The number of nitrogens with zero attached hydrogens (tertiary/aromatic N) is 4. The van der Waals surface area contributed by atoms with E-state index in [1.165, 1.54) is 5.56 Å². The van der Waals surface area contributed by atoms with Gasteiger partial charge in [0.2, 0.25) is 0 Å². The van der Waals surface area contributed by atoms with Crippen LogP contribution in [-0.2, 0) is 0 Å². The highest BCUT2D eigenvalue weighted by Crippen LogP contribution is 2.24. The molecule has 1 unspecified atom stereocenters. The van der Waals surface area contributed by atoms with Crippen LogP contribution in [0.4, 0.5) is 0 Å². The lowest BCUT2D eigenvalue weighted by Crippen LogP contribution is -2.16. The van der Waals surface area contributed by atoms with Crippen LogP contribution in [0.3, 0.4) is 0 Å². The van der Waals surface area contributed by atoms with Crippen molar-refractivity contribution in [3.05, 3.63) is 34.8 Å². The van der Waals surface area contributed by atoms with Crippen molar-refractivity contribution < 1.29 is 0 Å². The van der Waals surface area contributed by atoms with E-state index in [1.54, 1.807) is 0 Å². The topological polar surface area (TPSA) is 55.6 Å². The first-order valence-electron chi connectivity index (χ1n) is 6.56. The molecule has 0 aromatic carbocycles. The molecular weight excluding hydrogens is 238 g/mol. The fourth-order valence-electron chi connectivity index (χ4n) is 2.50. The van der Waals surface area contributed by atoms with Gasteiger partial charge in [-0.2, -0.15) is 10.2 Å². The minimum absolute atomic E-state index is 0.428. The predicted octanol–water partition coefficient (Wildman–Crippen LogP) is 1.91. The molecule has 0 aliphatic carbocycles. The molecule has 0 saturated carbocycles. The highest BCUT2D eigenvalue weighted by molar-refractivity contribution is 5.34. The highest BCUT2D eigenvalue weighted by atomic mass is 15.3. The van der Waals surface area contributed by atoms with Crippen LogP contribution in [0, 0.1) is 20.8 Å². The van der Waals surface area contributed by atoms with E-state index in [1.807, 2.05) is 37.7 Å². The van der Waals surface area contributed by atoms with Gasteiger partial charge in [0.05, 0.1) is 11.4 Å². The van der Waals surface area contributed by atoms with Gasteiger partial charge >= 0.3 is 0 Å². The first kappa shape index (κ1) is 13.7. The Balaban J connectivity index is 2.43. The molecule has 0 fully saturated rings. The molecule has 0 saturated heterocycles. The van der Waals surface area contributed by atoms with Gasteiger partial charge < -0.3 is 5.32 Å². The van der Waals surface area contributed by atoms with Gasteiger partial charge in [-0.25, -0.2) is 4.68 Å². The van der Waals surface area contributed by atoms with E-state index in [-0.39, 0.29) is 0 Å². The molecular formula is C14H21N5. The zero-order valence-electron chi connectivity index (χ0n) is 12.2. The van der Waals surface area contributed by atoms with Crippen molar-refractivity contribution >= 4 is 0 Å². The van der Waals surface area contributed by atoms with Crippen LogP contribution < -0.4 is 5.32 Å². The van der Waals surface area contributed by atoms with Gasteiger partial charge in [0.25, 0.3) is 0 Å². The van der Waals surface area contributed by atoms with Crippen molar-refractivity contribution in [2.24, 2.45) is 0 Å². The van der Waals surface area contributed by atoms with Crippen LogP contribution in [0.5, 0.6) is 0 Å². The monoisotopic (exact) mass is 259 g/mol. The third-order valence-corrected chi connectivity index (χ3v) is 3.35. The standard InChI is InChI=1S/C14H21N5/c1-9(8-15-5)14-11(3)18-19(12(14)4)13-7-6-10(2)16-17-13/h6-7,9,15H,8H2,1-5H3. The van der Waals surface area contributed by atoms with Gasteiger partial charge in [-0.3, -0.25) is 0 Å². The Morgan fingerprint density at radius 2 is 1.95 bits per heavy atom. The molecule has 1 N–H and O–H groups in total. The van der Waals surface area contributed by atoms with Crippen molar-refractivity contribution in [2.75, 3.05) is 13.6 Å². The van der Waals surface area contributed by atoms with E-state index in [9.17, 15) is 0 Å². The molecule has 0 aliphatic rings. The number of hydrogen-bond acceptors (Lipinski definition) is 4. The van der Waals surface area contributed by atoms with Crippen LogP contribution >= 0.6 is 0 Å². The second-order valence-corrected chi connectivity index (χ2v) is 4.99. The van der Waals surface area contributed by atoms with E-state index in [0.29, 0.717) is 5.92 Å². The molecule has 0 amide bonds. The van der Waals surface area contributed by atoms with Crippen LogP contribution in [-0.4, -0.2) is 33.6 Å². The second kappa shape index (κ2) is 5.48. The number of nitrogens with one attached hydrogen (secondary N) is 1. The van der Waals surface area contributed by atoms with E-state index >= 15 is 0 Å². The number of aryl methyl sites for hydroxylation is 2. The zero-order valence-corrected chi connectivity index (χ0v) is 12.2. The van der Waals surface area contributed by atoms with E-state index in [2.05, 4.69) is 34.5 Å². The molecule has 0 radical (unpaired) electrons. The molecule has 0 aliphatic heterocycles. The van der Waals surface area contributed by atoms with Crippen molar-refractivity contribution in [1.29, 1.82) is 0 Å². The third kappa shape index (κ3) is 2.66. The van der Waals surface area contributed by atoms with Crippen LogP contribution in [0.25, 0.3) is 5.82 Å². The molecule has 0 spiro atoms. The van der Waals surface area contributed by atoms with Crippen molar-refractivity contribution in [1.82, 2.24) is 25.3 Å². The highest BCUT2D eigenvalue weighted by Gasteiger charge is 2.18. The summed E-state index contributed by atoms with van der Waals surface area (Å²) < 4.78 is 1.88. The van der Waals surface area contributed by atoms with E-state index < -0.39 is 0 Å². The Kier molecular flexibility index (Phi) is 3.95. The Morgan fingerprint density at radius 3 is 2.53 bits per heavy atom. The number of aromatic nitrogens is 4. The summed E-state index contributed by atoms with van der Waals surface area (Å²) in [4.78, 5) is 0. The lowest BCUT2D eigenvalue weighted by Gasteiger charge is -2.11. The molecule has 1 atom stereocenters.